The van der Waals surface area contributed by atoms with Crippen LogP contribution in [0.25, 0.3) is 32.7 Å². The molecule has 4 aromatic rings. The highest BCUT2D eigenvalue weighted by molar-refractivity contribution is 6.17. The van der Waals surface area contributed by atoms with Crippen LogP contribution in [0.3, 0.4) is 0 Å². The lowest BCUT2D eigenvalue weighted by molar-refractivity contribution is 1.12. The maximum atomic E-state index is 2.40. The summed E-state index contributed by atoms with van der Waals surface area (Å²) >= 11 is 0. The van der Waals surface area contributed by atoms with Crippen molar-refractivity contribution >= 4 is 21.5 Å². The van der Waals surface area contributed by atoms with E-state index in [0.717, 1.165) is 12.8 Å². The molecule has 0 fully saturated rings. The van der Waals surface area contributed by atoms with Gasteiger partial charge in [-0.1, -0.05) is 73.7 Å². The average molecular weight is 294 g/mol. The zero-order valence-electron chi connectivity index (χ0n) is 13.3. The summed E-state index contributed by atoms with van der Waals surface area (Å²) in [6.07, 6.45) is 2.16. The minimum Gasteiger partial charge on any atom is -0.0616 e. The van der Waals surface area contributed by atoms with Crippen LogP contribution in [-0.2, 0) is 12.8 Å². The summed E-state index contributed by atoms with van der Waals surface area (Å²) in [5, 5.41) is 5.55. The molecule has 0 nitrogen and oxygen atoms in total. The SMILES string of the molecule is CCc1ccc2c(c1)Cc1c-2c2ccccc2c2ccccc12. The van der Waals surface area contributed by atoms with E-state index in [2.05, 4.69) is 73.7 Å². The van der Waals surface area contributed by atoms with Crippen LogP contribution in [-0.4, -0.2) is 0 Å². The normalized spacial score (nSPS) is 12.6. The van der Waals surface area contributed by atoms with Crippen LogP contribution in [0.5, 0.6) is 0 Å². The standard InChI is InChI=1S/C23H18/c1-2-15-11-12-17-16(13-15)14-22-20-9-4-3-7-18(20)19-8-5-6-10-21(19)23(17)22/h3-13H,2,14H2,1H3. The van der Waals surface area contributed by atoms with Crippen molar-refractivity contribution in [1.82, 2.24) is 0 Å². The zero-order chi connectivity index (χ0) is 15.4. The van der Waals surface area contributed by atoms with Gasteiger partial charge in [0.25, 0.3) is 0 Å². The molecule has 0 atom stereocenters. The largest absolute Gasteiger partial charge is 0.0616 e. The Kier molecular flexibility index (Phi) is 2.63. The molecule has 0 amide bonds. The van der Waals surface area contributed by atoms with E-state index >= 15 is 0 Å². The molecule has 0 heterocycles. The minimum atomic E-state index is 1.06. The second-order valence-corrected chi connectivity index (χ2v) is 6.47. The van der Waals surface area contributed by atoms with E-state index in [1.54, 1.807) is 0 Å². The molecule has 0 N–H and O–H groups in total. The van der Waals surface area contributed by atoms with Crippen molar-refractivity contribution in [2.24, 2.45) is 0 Å². The first-order chi connectivity index (χ1) is 11.4. The van der Waals surface area contributed by atoms with Gasteiger partial charge in [0.05, 0.1) is 0 Å². The molecular weight excluding hydrogens is 276 g/mol. The van der Waals surface area contributed by atoms with Crippen molar-refractivity contribution in [2.75, 3.05) is 0 Å². The molecule has 110 valence electrons. The van der Waals surface area contributed by atoms with E-state index in [9.17, 15) is 0 Å². The van der Waals surface area contributed by atoms with Crippen LogP contribution < -0.4 is 0 Å². The van der Waals surface area contributed by atoms with Crippen molar-refractivity contribution < 1.29 is 0 Å². The number of fused-ring (bicyclic) bond motifs is 8. The minimum absolute atomic E-state index is 1.06. The highest BCUT2D eigenvalue weighted by atomic mass is 14.3. The van der Waals surface area contributed by atoms with Crippen molar-refractivity contribution in [3.8, 4) is 11.1 Å². The predicted molar refractivity (Wildman–Crippen MR) is 99.1 cm³/mol. The third kappa shape index (κ3) is 1.72. The average Bonchev–Trinajstić information content (AvgIpc) is 3.01. The van der Waals surface area contributed by atoms with Gasteiger partial charge in [-0.2, -0.15) is 0 Å². The molecule has 0 bridgehead atoms. The Hall–Kier alpha value is -2.60. The highest BCUT2D eigenvalue weighted by Crippen LogP contribution is 2.46. The topological polar surface area (TPSA) is 0 Å². The monoisotopic (exact) mass is 294 g/mol. The summed E-state index contributed by atoms with van der Waals surface area (Å²) in [6, 6.07) is 24.7. The maximum absolute atomic E-state index is 2.40. The van der Waals surface area contributed by atoms with Crippen molar-refractivity contribution in [3.63, 3.8) is 0 Å². The number of hydrogen-bond donors (Lipinski definition) is 0. The number of hydrogen-bond acceptors (Lipinski definition) is 0. The van der Waals surface area contributed by atoms with Gasteiger partial charge in [0.2, 0.25) is 0 Å². The Labute approximate surface area is 136 Å². The maximum Gasteiger partial charge on any atom is -0.000695 e. The Morgan fingerprint density at radius 1 is 0.739 bits per heavy atom. The smallest absolute Gasteiger partial charge is 0.000695 e. The summed E-state index contributed by atoms with van der Waals surface area (Å²) in [5.74, 6) is 0. The van der Waals surface area contributed by atoms with Gasteiger partial charge in [-0.05, 0) is 62.2 Å². The second-order valence-electron chi connectivity index (χ2n) is 6.47. The fourth-order valence-corrected chi connectivity index (χ4v) is 4.15. The predicted octanol–water partition coefficient (Wildman–Crippen LogP) is 6.13. The molecule has 23 heavy (non-hydrogen) atoms. The quantitative estimate of drug-likeness (QED) is 0.326. The third-order valence-corrected chi connectivity index (χ3v) is 5.26. The Morgan fingerprint density at radius 3 is 2.13 bits per heavy atom. The van der Waals surface area contributed by atoms with Crippen LogP contribution in [0.1, 0.15) is 23.6 Å². The lowest BCUT2D eigenvalue weighted by atomic mass is 9.91. The molecular formula is C23H18. The molecule has 0 aliphatic heterocycles. The van der Waals surface area contributed by atoms with Gasteiger partial charge in [-0.25, -0.2) is 0 Å². The van der Waals surface area contributed by atoms with Crippen LogP contribution >= 0.6 is 0 Å². The lowest BCUT2D eigenvalue weighted by Gasteiger charge is -2.12. The van der Waals surface area contributed by atoms with E-state index in [-0.39, 0.29) is 0 Å². The van der Waals surface area contributed by atoms with Crippen LogP contribution in [0, 0.1) is 0 Å². The molecule has 0 spiro atoms. The number of benzene rings is 4. The van der Waals surface area contributed by atoms with Gasteiger partial charge >= 0.3 is 0 Å². The molecule has 1 aliphatic rings. The summed E-state index contributed by atoms with van der Waals surface area (Å²) in [5.41, 5.74) is 7.31. The van der Waals surface area contributed by atoms with Crippen LogP contribution in [0.4, 0.5) is 0 Å². The lowest BCUT2D eigenvalue weighted by Crippen LogP contribution is -1.87. The first-order valence-corrected chi connectivity index (χ1v) is 8.41. The molecule has 0 saturated heterocycles. The van der Waals surface area contributed by atoms with Gasteiger partial charge < -0.3 is 0 Å². The third-order valence-electron chi connectivity index (χ3n) is 5.26. The Morgan fingerprint density at radius 2 is 1.39 bits per heavy atom. The first kappa shape index (κ1) is 12.9. The van der Waals surface area contributed by atoms with E-state index < -0.39 is 0 Å². The van der Waals surface area contributed by atoms with Crippen molar-refractivity contribution in [3.05, 3.63) is 83.4 Å². The fourth-order valence-electron chi connectivity index (χ4n) is 4.15. The van der Waals surface area contributed by atoms with E-state index in [1.165, 1.54) is 49.4 Å². The van der Waals surface area contributed by atoms with Gasteiger partial charge in [0, 0.05) is 0 Å². The first-order valence-electron chi connectivity index (χ1n) is 8.41. The highest BCUT2D eigenvalue weighted by Gasteiger charge is 2.23. The summed E-state index contributed by atoms with van der Waals surface area (Å²) in [6.45, 7) is 2.23. The van der Waals surface area contributed by atoms with Gasteiger partial charge in [-0.15, -0.1) is 0 Å². The summed E-state index contributed by atoms with van der Waals surface area (Å²) in [4.78, 5) is 0. The molecule has 0 heteroatoms. The molecule has 0 saturated carbocycles. The van der Waals surface area contributed by atoms with Crippen LogP contribution in [0.15, 0.2) is 66.7 Å². The Bertz CT molecular complexity index is 1070. The molecule has 0 unspecified atom stereocenters. The number of aryl methyl sites for hydroxylation is 1. The summed E-state index contributed by atoms with van der Waals surface area (Å²) < 4.78 is 0. The molecule has 0 aromatic heterocycles. The van der Waals surface area contributed by atoms with E-state index in [1.807, 2.05) is 0 Å². The molecule has 0 radical (unpaired) electrons. The number of rotatable bonds is 1. The van der Waals surface area contributed by atoms with Crippen LogP contribution in [0.2, 0.25) is 0 Å². The molecule has 1 aliphatic carbocycles. The van der Waals surface area contributed by atoms with Crippen molar-refractivity contribution in [1.29, 1.82) is 0 Å². The van der Waals surface area contributed by atoms with Crippen molar-refractivity contribution in [2.45, 2.75) is 19.8 Å². The molecule has 5 rings (SSSR count). The fraction of sp³-hybridized carbons (Fsp3) is 0.130. The Balaban J connectivity index is 1.97. The van der Waals surface area contributed by atoms with Gasteiger partial charge in [0.15, 0.2) is 0 Å². The zero-order valence-corrected chi connectivity index (χ0v) is 13.3. The summed E-state index contributed by atoms with van der Waals surface area (Å²) in [7, 11) is 0. The van der Waals surface area contributed by atoms with Gasteiger partial charge in [0.1, 0.15) is 0 Å². The van der Waals surface area contributed by atoms with E-state index in [0.29, 0.717) is 0 Å². The van der Waals surface area contributed by atoms with Gasteiger partial charge in [-0.3, -0.25) is 0 Å². The molecule has 4 aromatic carbocycles. The second kappa shape index (κ2) is 4.70. The van der Waals surface area contributed by atoms with E-state index in [4.69, 9.17) is 0 Å².